The highest BCUT2D eigenvalue weighted by molar-refractivity contribution is 6.05. The van der Waals surface area contributed by atoms with E-state index in [-0.39, 0.29) is 17.7 Å². The van der Waals surface area contributed by atoms with Gasteiger partial charge in [-0.15, -0.1) is 0 Å². The van der Waals surface area contributed by atoms with Crippen LogP contribution in [0.1, 0.15) is 24.8 Å². The van der Waals surface area contributed by atoms with Crippen molar-refractivity contribution in [3.8, 4) is 0 Å². The minimum atomic E-state index is -0.229. The molecule has 0 N–H and O–H groups in total. The minimum Gasteiger partial charge on any atom is -0.301 e. The molecule has 2 aliphatic heterocycles. The van der Waals surface area contributed by atoms with Crippen molar-refractivity contribution in [2.75, 3.05) is 4.90 Å². The molecule has 1 aromatic carbocycles. The van der Waals surface area contributed by atoms with Gasteiger partial charge in [0, 0.05) is 24.9 Å². The van der Waals surface area contributed by atoms with Crippen LogP contribution in [0.15, 0.2) is 24.3 Å². The third-order valence-corrected chi connectivity index (χ3v) is 3.43. The standard InChI is InChI=1S/C13H13NO2/c15-12-6-3-7-13(16)14-10-5-2-1-4-9(10)8-11(12)14/h1-2,4-5,11H,3,6-8H2. The molecular weight excluding hydrogens is 202 g/mol. The van der Waals surface area contributed by atoms with Crippen LogP contribution in [0.3, 0.4) is 0 Å². The van der Waals surface area contributed by atoms with Crippen LogP contribution >= 0.6 is 0 Å². The van der Waals surface area contributed by atoms with Crippen molar-refractivity contribution in [3.05, 3.63) is 29.8 Å². The molecule has 1 fully saturated rings. The van der Waals surface area contributed by atoms with Gasteiger partial charge in [0.05, 0.1) is 6.04 Å². The number of nitrogens with zero attached hydrogens (tertiary/aromatic N) is 1. The van der Waals surface area contributed by atoms with E-state index in [0.29, 0.717) is 25.7 Å². The van der Waals surface area contributed by atoms with Crippen molar-refractivity contribution in [1.29, 1.82) is 0 Å². The Kier molecular flexibility index (Phi) is 2.06. The first-order chi connectivity index (χ1) is 7.77. The summed E-state index contributed by atoms with van der Waals surface area (Å²) in [6.07, 6.45) is 2.44. The van der Waals surface area contributed by atoms with E-state index in [0.717, 1.165) is 11.3 Å². The summed E-state index contributed by atoms with van der Waals surface area (Å²) in [7, 11) is 0. The lowest BCUT2D eigenvalue weighted by molar-refractivity contribution is -0.122. The molecule has 0 radical (unpaired) electrons. The van der Waals surface area contributed by atoms with Crippen LogP contribution in [0, 0.1) is 0 Å². The number of amides is 1. The molecular formula is C13H13NO2. The van der Waals surface area contributed by atoms with Crippen molar-refractivity contribution < 1.29 is 9.59 Å². The summed E-state index contributed by atoms with van der Waals surface area (Å²) in [6.45, 7) is 0. The Labute approximate surface area is 94.1 Å². The third-order valence-electron chi connectivity index (χ3n) is 3.43. The second-order valence-corrected chi connectivity index (χ2v) is 4.43. The summed E-state index contributed by atoms with van der Waals surface area (Å²) in [4.78, 5) is 25.6. The van der Waals surface area contributed by atoms with Crippen molar-refractivity contribution >= 4 is 17.4 Å². The van der Waals surface area contributed by atoms with Crippen molar-refractivity contribution in [1.82, 2.24) is 0 Å². The molecule has 16 heavy (non-hydrogen) atoms. The molecule has 2 aliphatic rings. The van der Waals surface area contributed by atoms with Crippen LogP contribution in [-0.4, -0.2) is 17.7 Å². The summed E-state index contributed by atoms with van der Waals surface area (Å²) in [5.74, 6) is 0.308. The van der Waals surface area contributed by atoms with Crippen LogP contribution in [0.2, 0.25) is 0 Å². The highest BCUT2D eigenvalue weighted by atomic mass is 16.2. The summed E-state index contributed by atoms with van der Waals surface area (Å²) < 4.78 is 0. The number of anilines is 1. The largest absolute Gasteiger partial charge is 0.301 e. The van der Waals surface area contributed by atoms with Crippen molar-refractivity contribution in [2.24, 2.45) is 0 Å². The van der Waals surface area contributed by atoms with E-state index < -0.39 is 0 Å². The summed E-state index contributed by atoms with van der Waals surface area (Å²) in [6, 6.07) is 7.59. The lowest BCUT2D eigenvalue weighted by Gasteiger charge is -2.21. The van der Waals surface area contributed by atoms with Gasteiger partial charge in [-0.2, -0.15) is 0 Å². The molecule has 2 heterocycles. The summed E-state index contributed by atoms with van der Waals surface area (Å²) in [5.41, 5.74) is 2.06. The fourth-order valence-corrected chi connectivity index (χ4v) is 2.65. The highest BCUT2D eigenvalue weighted by Crippen LogP contribution is 2.35. The minimum absolute atomic E-state index is 0.0980. The van der Waals surface area contributed by atoms with Crippen LogP contribution < -0.4 is 4.90 Å². The zero-order chi connectivity index (χ0) is 11.1. The first-order valence-electron chi connectivity index (χ1n) is 5.70. The van der Waals surface area contributed by atoms with E-state index in [2.05, 4.69) is 0 Å². The first kappa shape index (κ1) is 9.58. The maximum absolute atomic E-state index is 12.0. The second-order valence-electron chi connectivity index (χ2n) is 4.43. The van der Waals surface area contributed by atoms with Crippen molar-refractivity contribution in [2.45, 2.75) is 31.7 Å². The molecule has 1 unspecified atom stereocenters. The molecule has 1 aromatic rings. The molecule has 82 valence electrons. The summed E-state index contributed by atoms with van der Waals surface area (Å²) >= 11 is 0. The van der Waals surface area contributed by atoms with Crippen LogP contribution in [-0.2, 0) is 16.0 Å². The van der Waals surface area contributed by atoms with Gasteiger partial charge in [-0.05, 0) is 18.1 Å². The molecule has 0 spiro atoms. The smallest absolute Gasteiger partial charge is 0.227 e. The number of carbonyl (C=O) groups excluding carboxylic acids is 2. The average Bonchev–Trinajstić information content (AvgIpc) is 2.61. The van der Waals surface area contributed by atoms with Gasteiger partial charge >= 0.3 is 0 Å². The second kappa shape index (κ2) is 3.44. The normalized spacial score (nSPS) is 24.0. The SMILES string of the molecule is O=C1CCCC(=O)N2c3ccccc3CC12. The Bertz CT molecular complexity index is 467. The molecule has 0 aromatic heterocycles. The van der Waals surface area contributed by atoms with Gasteiger partial charge in [-0.1, -0.05) is 18.2 Å². The Hall–Kier alpha value is -1.64. The Morgan fingerprint density at radius 3 is 2.81 bits per heavy atom. The molecule has 1 atom stereocenters. The molecule has 3 heteroatoms. The highest BCUT2D eigenvalue weighted by Gasteiger charge is 2.39. The van der Waals surface area contributed by atoms with Gasteiger partial charge in [0.15, 0.2) is 5.78 Å². The topological polar surface area (TPSA) is 37.4 Å². The predicted octanol–water partition coefficient (Wildman–Crippen LogP) is 1.70. The van der Waals surface area contributed by atoms with Gasteiger partial charge < -0.3 is 4.90 Å². The predicted molar refractivity (Wildman–Crippen MR) is 60.3 cm³/mol. The van der Waals surface area contributed by atoms with Crippen LogP contribution in [0.4, 0.5) is 5.69 Å². The fraction of sp³-hybridized carbons (Fsp3) is 0.385. The number of benzene rings is 1. The number of fused-ring (bicyclic) bond motifs is 3. The monoisotopic (exact) mass is 215 g/mol. The first-order valence-corrected chi connectivity index (χ1v) is 5.70. The fourth-order valence-electron chi connectivity index (χ4n) is 2.65. The number of ketones is 1. The molecule has 1 saturated heterocycles. The Morgan fingerprint density at radius 1 is 1.12 bits per heavy atom. The van der Waals surface area contributed by atoms with E-state index in [1.807, 2.05) is 24.3 Å². The van der Waals surface area contributed by atoms with Crippen LogP contribution in [0.5, 0.6) is 0 Å². The van der Waals surface area contributed by atoms with Gasteiger partial charge in [0.2, 0.25) is 5.91 Å². The van der Waals surface area contributed by atoms with Crippen LogP contribution in [0.25, 0.3) is 0 Å². The lowest BCUT2D eigenvalue weighted by atomic mass is 10.0. The number of para-hydroxylation sites is 1. The van der Waals surface area contributed by atoms with Gasteiger partial charge in [-0.3, -0.25) is 9.59 Å². The number of carbonyl (C=O) groups is 2. The Balaban J connectivity index is 2.09. The lowest BCUT2D eigenvalue weighted by Crippen LogP contribution is -2.40. The molecule has 0 saturated carbocycles. The maximum Gasteiger partial charge on any atom is 0.227 e. The van der Waals surface area contributed by atoms with Gasteiger partial charge in [-0.25, -0.2) is 0 Å². The third kappa shape index (κ3) is 1.28. The van der Waals surface area contributed by atoms with E-state index in [1.54, 1.807) is 4.90 Å². The molecule has 0 aliphatic carbocycles. The van der Waals surface area contributed by atoms with Crippen molar-refractivity contribution in [3.63, 3.8) is 0 Å². The summed E-state index contributed by atoms with van der Waals surface area (Å²) in [5, 5.41) is 0. The molecule has 0 bridgehead atoms. The number of hydrogen-bond acceptors (Lipinski definition) is 2. The molecule has 1 amide bonds. The Morgan fingerprint density at radius 2 is 1.94 bits per heavy atom. The number of hydrogen-bond donors (Lipinski definition) is 0. The van der Waals surface area contributed by atoms with Gasteiger partial charge in [0.25, 0.3) is 0 Å². The van der Waals surface area contributed by atoms with Gasteiger partial charge in [0.1, 0.15) is 0 Å². The van der Waals surface area contributed by atoms with E-state index in [4.69, 9.17) is 0 Å². The van der Waals surface area contributed by atoms with E-state index in [9.17, 15) is 9.59 Å². The van der Waals surface area contributed by atoms with E-state index >= 15 is 0 Å². The number of rotatable bonds is 0. The number of Topliss-reactive ketones (excluding diaryl/α,β-unsaturated/α-hetero) is 1. The maximum atomic E-state index is 12.0. The zero-order valence-electron chi connectivity index (χ0n) is 8.98. The molecule has 3 rings (SSSR count). The average molecular weight is 215 g/mol. The zero-order valence-corrected chi connectivity index (χ0v) is 8.98. The molecule has 3 nitrogen and oxygen atoms in total. The van der Waals surface area contributed by atoms with E-state index in [1.165, 1.54) is 0 Å². The quantitative estimate of drug-likeness (QED) is 0.660.